The second-order valence-corrected chi connectivity index (χ2v) is 7.21. The predicted octanol–water partition coefficient (Wildman–Crippen LogP) is 1.17. The first-order chi connectivity index (χ1) is 9.79. The third-order valence-electron chi connectivity index (χ3n) is 3.56. The van der Waals surface area contributed by atoms with Crippen molar-refractivity contribution in [2.75, 3.05) is 12.8 Å². The van der Waals surface area contributed by atoms with Crippen LogP contribution in [0.5, 0.6) is 0 Å². The molecule has 0 aliphatic carbocycles. The van der Waals surface area contributed by atoms with Gasteiger partial charge in [-0.15, -0.1) is 0 Å². The summed E-state index contributed by atoms with van der Waals surface area (Å²) in [5, 5.41) is 8.88. The summed E-state index contributed by atoms with van der Waals surface area (Å²) in [4.78, 5) is 24.9. The van der Waals surface area contributed by atoms with Gasteiger partial charge in [0, 0.05) is 24.4 Å². The number of carboxylic acid groups (broad SMARTS) is 1. The van der Waals surface area contributed by atoms with E-state index < -0.39 is 15.8 Å². The summed E-state index contributed by atoms with van der Waals surface area (Å²) in [7, 11) is -3.38. The molecule has 1 aliphatic heterocycles. The summed E-state index contributed by atoms with van der Waals surface area (Å²) < 4.78 is 23.1. The molecule has 0 aromatic heterocycles. The lowest BCUT2D eigenvalue weighted by Gasteiger charge is -2.23. The van der Waals surface area contributed by atoms with Gasteiger partial charge in [-0.25, -0.2) is 8.42 Å². The van der Waals surface area contributed by atoms with Crippen LogP contribution < -0.4 is 0 Å². The van der Waals surface area contributed by atoms with Crippen molar-refractivity contribution in [1.82, 2.24) is 4.90 Å². The fraction of sp³-hybridized carbons (Fsp3) is 0.429. The minimum atomic E-state index is -3.38. The van der Waals surface area contributed by atoms with E-state index >= 15 is 0 Å². The molecule has 1 amide bonds. The topological polar surface area (TPSA) is 91.8 Å². The van der Waals surface area contributed by atoms with E-state index in [4.69, 9.17) is 5.11 Å². The summed E-state index contributed by atoms with van der Waals surface area (Å²) in [6.45, 7) is 0.500. The number of benzene rings is 1. The number of hydrogen-bond donors (Lipinski definition) is 1. The number of amides is 1. The van der Waals surface area contributed by atoms with Crippen LogP contribution in [0.1, 0.15) is 29.6 Å². The van der Waals surface area contributed by atoms with E-state index in [1.54, 1.807) is 6.07 Å². The van der Waals surface area contributed by atoms with E-state index in [1.165, 1.54) is 23.1 Å². The number of nitrogens with zero attached hydrogens (tertiary/aromatic N) is 1. The third kappa shape index (κ3) is 3.60. The molecule has 21 heavy (non-hydrogen) atoms. The third-order valence-corrected chi connectivity index (χ3v) is 4.67. The van der Waals surface area contributed by atoms with Crippen molar-refractivity contribution in [3.8, 4) is 0 Å². The standard InChI is InChI=1S/C14H17NO5S/c1-21(19,20)12-6-2-4-10(8-12)14(18)15-7-3-5-11(15)9-13(16)17/h2,4,6,8,11H,3,5,7,9H2,1H3,(H,16,17). The zero-order valence-corrected chi connectivity index (χ0v) is 12.5. The molecule has 1 heterocycles. The Morgan fingerprint density at radius 1 is 1.38 bits per heavy atom. The number of sulfone groups is 1. The minimum absolute atomic E-state index is 0.0855. The largest absolute Gasteiger partial charge is 0.481 e. The molecule has 0 spiro atoms. The Hall–Kier alpha value is -1.89. The molecule has 1 aromatic carbocycles. The van der Waals surface area contributed by atoms with E-state index in [0.29, 0.717) is 13.0 Å². The zero-order valence-electron chi connectivity index (χ0n) is 11.7. The molecule has 2 rings (SSSR count). The van der Waals surface area contributed by atoms with Crippen molar-refractivity contribution in [3.63, 3.8) is 0 Å². The Morgan fingerprint density at radius 3 is 2.71 bits per heavy atom. The number of aliphatic carboxylic acids is 1. The van der Waals surface area contributed by atoms with Crippen molar-refractivity contribution in [2.24, 2.45) is 0 Å². The molecule has 0 radical (unpaired) electrons. The molecular weight excluding hydrogens is 294 g/mol. The molecule has 1 aromatic rings. The Balaban J connectivity index is 2.25. The van der Waals surface area contributed by atoms with Crippen LogP contribution in [0.15, 0.2) is 29.2 Å². The van der Waals surface area contributed by atoms with Crippen molar-refractivity contribution in [2.45, 2.75) is 30.2 Å². The highest BCUT2D eigenvalue weighted by atomic mass is 32.2. The molecule has 1 unspecified atom stereocenters. The molecule has 6 nitrogen and oxygen atoms in total. The minimum Gasteiger partial charge on any atom is -0.481 e. The van der Waals surface area contributed by atoms with Crippen LogP contribution in [0.3, 0.4) is 0 Å². The highest BCUT2D eigenvalue weighted by molar-refractivity contribution is 7.90. The maximum Gasteiger partial charge on any atom is 0.305 e. The quantitative estimate of drug-likeness (QED) is 0.901. The summed E-state index contributed by atoms with van der Waals surface area (Å²) in [6.07, 6.45) is 2.41. The van der Waals surface area contributed by atoms with E-state index in [1.807, 2.05) is 0 Å². The smallest absolute Gasteiger partial charge is 0.305 e. The Morgan fingerprint density at radius 2 is 2.10 bits per heavy atom. The number of rotatable bonds is 4. The maximum absolute atomic E-state index is 12.5. The Bertz CT molecular complexity index is 668. The van der Waals surface area contributed by atoms with E-state index in [9.17, 15) is 18.0 Å². The summed E-state index contributed by atoms with van der Waals surface area (Å²) >= 11 is 0. The number of hydrogen-bond acceptors (Lipinski definition) is 4. The average Bonchev–Trinajstić information content (AvgIpc) is 2.84. The number of carboxylic acids is 1. The normalized spacial score (nSPS) is 18.7. The van der Waals surface area contributed by atoms with Gasteiger partial charge in [0.1, 0.15) is 0 Å². The second-order valence-electron chi connectivity index (χ2n) is 5.19. The van der Waals surface area contributed by atoms with Crippen LogP contribution in [0, 0.1) is 0 Å². The van der Waals surface area contributed by atoms with Gasteiger partial charge in [0.05, 0.1) is 11.3 Å². The fourth-order valence-electron chi connectivity index (χ4n) is 2.54. The monoisotopic (exact) mass is 311 g/mol. The first-order valence-corrected chi connectivity index (χ1v) is 8.51. The van der Waals surface area contributed by atoms with Gasteiger partial charge in [-0.3, -0.25) is 9.59 Å². The molecule has 0 saturated carbocycles. The molecule has 0 bridgehead atoms. The highest BCUT2D eigenvalue weighted by Crippen LogP contribution is 2.23. The van der Waals surface area contributed by atoms with Gasteiger partial charge in [0.2, 0.25) is 0 Å². The molecule has 7 heteroatoms. The molecule has 1 saturated heterocycles. The van der Waals surface area contributed by atoms with E-state index in [2.05, 4.69) is 0 Å². The summed E-state index contributed by atoms with van der Waals surface area (Å²) in [5.74, 6) is -1.26. The van der Waals surface area contributed by atoms with Gasteiger partial charge in [-0.05, 0) is 31.0 Å². The van der Waals surface area contributed by atoms with Gasteiger partial charge in [-0.1, -0.05) is 6.07 Å². The van der Waals surface area contributed by atoms with E-state index in [-0.39, 0.29) is 28.8 Å². The van der Waals surface area contributed by atoms with Crippen molar-refractivity contribution < 1.29 is 23.1 Å². The predicted molar refractivity (Wildman–Crippen MR) is 75.9 cm³/mol. The molecular formula is C14H17NO5S. The van der Waals surface area contributed by atoms with Crippen molar-refractivity contribution >= 4 is 21.7 Å². The van der Waals surface area contributed by atoms with Crippen LogP contribution in [0.4, 0.5) is 0 Å². The van der Waals surface area contributed by atoms with Gasteiger partial charge < -0.3 is 10.0 Å². The number of likely N-dealkylation sites (tertiary alicyclic amines) is 1. The first kappa shape index (κ1) is 15.5. The lowest BCUT2D eigenvalue weighted by atomic mass is 10.1. The summed E-state index contributed by atoms with van der Waals surface area (Å²) in [6, 6.07) is 5.52. The van der Waals surface area contributed by atoms with Gasteiger partial charge in [0.25, 0.3) is 5.91 Å². The van der Waals surface area contributed by atoms with Crippen molar-refractivity contribution in [3.05, 3.63) is 29.8 Å². The molecule has 1 aliphatic rings. The Labute approximate surface area is 123 Å². The lowest BCUT2D eigenvalue weighted by molar-refractivity contribution is -0.137. The zero-order chi connectivity index (χ0) is 15.6. The van der Waals surface area contributed by atoms with Gasteiger partial charge in [-0.2, -0.15) is 0 Å². The number of carbonyl (C=O) groups excluding carboxylic acids is 1. The van der Waals surface area contributed by atoms with Gasteiger partial charge >= 0.3 is 5.97 Å². The molecule has 1 atom stereocenters. The molecule has 114 valence electrons. The maximum atomic E-state index is 12.5. The van der Waals surface area contributed by atoms with Crippen LogP contribution >= 0.6 is 0 Å². The second kappa shape index (κ2) is 5.85. The van der Waals surface area contributed by atoms with Crippen LogP contribution in [0.25, 0.3) is 0 Å². The molecule has 1 N–H and O–H groups in total. The summed E-state index contributed by atoms with van der Waals surface area (Å²) in [5.41, 5.74) is 0.273. The highest BCUT2D eigenvalue weighted by Gasteiger charge is 2.31. The van der Waals surface area contributed by atoms with Crippen LogP contribution in [-0.4, -0.2) is 49.1 Å². The first-order valence-electron chi connectivity index (χ1n) is 6.62. The number of carbonyl (C=O) groups is 2. The van der Waals surface area contributed by atoms with Gasteiger partial charge in [0.15, 0.2) is 9.84 Å². The lowest BCUT2D eigenvalue weighted by Crippen LogP contribution is -2.36. The molecule has 1 fully saturated rings. The Kier molecular flexibility index (Phi) is 4.32. The van der Waals surface area contributed by atoms with Crippen LogP contribution in [0.2, 0.25) is 0 Å². The fourth-order valence-corrected chi connectivity index (χ4v) is 3.21. The average molecular weight is 311 g/mol. The van der Waals surface area contributed by atoms with E-state index in [0.717, 1.165) is 12.7 Å². The SMILES string of the molecule is CS(=O)(=O)c1cccc(C(=O)N2CCCC2CC(=O)O)c1. The van der Waals surface area contributed by atoms with Crippen molar-refractivity contribution in [1.29, 1.82) is 0 Å². The van der Waals surface area contributed by atoms with Crippen LogP contribution in [-0.2, 0) is 14.6 Å².